The molecule has 0 fully saturated rings. The second kappa shape index (κ2) is 5.06. The van der Waals surface area contributed by atoms with E-state index in [9.17, 15) is 15.3 Å². The normalized spacial score (nSPS) is 19.6. The highest BCUT2D eigenvalue weighted by molar-refractivity contribution is 5.51. The summed E-state index contributed by atoms with van der Waals surface area (Å²) >= 11 is 0. The fourth-order valence-electron chi connectivity index (χ4n) is 3.79. The predicted octanol–water partition coefficient (Wildman–Crippen LogP) is 2.47. The van der Waals surface area contributed by atoms with Crippen LogP contribution in [-0.4, -0.2) is 33.9 Å². The van der Waals surface area contributed by atoms with Gasteiger partial charge in [0, 0.05) is 19.1 Å². The van der Waals surface area contributed by atoms with Crippen molar-refractivity contribution in [3.63, 3.8) is 0 Å². The van der Waals surface area contributed by atoms with E-state index in [1.807, 2.05) is 6.07 Å². The van der Waals surface area contributed by atoms with Crippen molar-refractivity contribution in [2.24, 2.45) is 0 Å². The van der Waals surface area contributed by atoms with Crippen LogP contribution in [0, 0.1) is 0 Å². The standard InChI is InChI=1S/C18H19NO4/c1-23-18-8-13-10(5-17(18)22)2-3-19-9-12-7-16(21)15(20)6-11(12)4-14(13)19/h5-8,14,20-22H,2-4,9H2,1H3/t14-/m1/s1. The lowest BCUT2D eigenvalue weighted by Crippen LogP contribution is -2.39. The van der Waals surface area contributed by atoms with Crippen molar-refractivity contribution >= 4 is 0 Å². The van der Waals surface area contributed by atoms with E-state index in [-0.39, 0.29) is 23.3 Å². The van der Waals surface area contributed by atoms with Crippen LogP contribution in [0.4, 0.5) is 0 Å². The van der Waals surface area contributed by atoms with Crippen LogP contribution in [0.5, 0.6) is 23.0 Å². The van der Waals surface area contributed by atoms with E-state index in [0.717, 1.165) is 42.6 Å². The van der Waals surface area contributed by atoms with Crippen molar-refractivity contribution in [2.45, 2.75) is 25.4 Å². The number of methoxy groups -OCH3 is 1. The van der Waals surface area contributed by atoms with E-state index in [4.69, 9.17) is 4.74 Å². The summed E-state index contributed by atoms with van der Waals surface area (Å²) in [5.74, 6) is 0.533. The maximum absolute atomic E-state index is 9.99. The molecule has 23 heavy (non-hydrogen) atoms. The van der Waals surface area contributed by atoms with E-state index in [1.54, 1.807) is 25.3 Å². The zero-order chi connectivity index (χ0) is 16.1. The molecular formula is C18H19NO4. The minimum absolute atomic E-state index is 0.0637. The van der Waals surface area contributed by atoms with E-state index in [1.165, 1.54) is 5.56 Å². The predicted molar refractivity (Wildman–Crippen MR) is 85.0 cm³/mol. The maximum Gasteiger partial charge on any atom is 0.160 e. The molecule has 4 rings (SSSR count). The van der Waals surface area contributed by atoms with E-state index < -0.39 is 0 Å². The third-order valence-corrected chi connectivity index (χ3v) is 4.99. The Morgan fingerprint density at radius 3 is 2.39 bits per heavy atom. The number of phenolic OH excluding ortho intramolecular Hbond substituents is 3. The molecule has 2 heterocycles. The summed E-state index contributed by atoms with van der Waals surface area (Å²) in [4.78, 5) is 2.37. The van der Waals surface area contributed by atoms with Gasteiger partial charge in [0.25, 0.3) is 0 Å². The van der Waals surface area contributed by atoms with Crippen molar-refractivity contribution in [1.82, 2.24) is 4.90 Å². The first kappa shape index (κ1) is 14.2. The molecule has 0 saturated heterocycles. The molecule has 0 spiro atoms. The van der Waals surface area contributed by atoms with Gasteiger partial charge >= 0.3 is 0 Å². The number of rotatable bonds is 1. The molecule has 3 N–H and O–H groups in total. The fourth-order valence-corrected chi connectivity index (χ4v) is 3.79. The van der Waals surface area contributed by atoms with Gasteiger partial charge in [0.1, 0.15) is 0 Å². The second-order valence-corrected chi connectivity index (χ2v) is 6.27. The zero-order valence-electron chi connectivity index (χ0n) is 12.9. The molecule has 0 radical (unpaired) electrons. The number of fused-ring (bicyclic) bond motifs is 4. The molecule has 0 amide bonds. The molecule has 0 aliphatic carbocycles. The number of hydrogen-bond donors (Lipinski definition) is 3. The average molecular weight is 313 g/mol. The lowest BCUT2D eigenvalue weighted by molar-refractivity contribution is 0.160. The summed E-state index contributed by atoms with van der Waals surface area (Å²) in [7, 11) is 1.55. The minimum Gasteiger partial charge on any atom is -0.504 e. The van der Waals surface area contributed by atoms with Gasteiger partial charge in [0.15, 0.2) is 23.0 Å². The van der Waals surface area contributed by atoms with Crippen molar-refractivity contribution in [1.29, 1.82) is 0 Å². The van der Waals surface area contributed by atoms with Gasteiger partial charge in [-0.25, -0.2) is 0 Å². The van der Waals surface area contributed by atoms with Crippen LogP contribution < -0.4 is 4.74 Å². The summed E-state index contributed by atoms with van der Waals surface area (Å²) in [5.41, 5.74) is 4.44. The van der Waals surface area contributed by atoms with Crippen LogP contribution in [-0.2, 0) is 19.4 Å². The van der Waals surface area contributed by atoms with Crippen molar-refractivity contribution in [3.8, 4) is 23.0 Å². The van der Waals surface area contributed by atoms with Gasteiger partial charge < -0.3 is 20.1 Å². The zero-order valence-corrected chi connectivity index (χ0v) is 12.9. The maximum atomic E-state index is 9.99. The van der Waals surface area contributed by atoms with Gasteiger partial charge in [-0.3, -0.25) is 4.90 Å². The Kier molecular flexibility index (Phi) is 3.13. The molecule has 1 atom stereocenters. The Balaban J connectivity index is 1.78. The SMILES string of the molecule is COc1cc2c(cc1O)CCN1Cc3cc(O)c(O)cc3C[C@H]21. The summed E-state index contributed by atoms with van der Waals surface area (Å²) in [5, 5.41) is 29.5. The third-order valence-electron chi connectivity index (χ3n) is 4.99. The number of ether oxygens (including phenoxy) is 1. The number of benzene rings is 2. The Bertz CT molecular complexity index is 787. The molecule has 2 aromatic rings. The third kappa shape index (κ3) is 2.19. The average Bonchev–Trinajstić information content (AvgIpc) is 2.53. The van der Waals surface area contributed by atoms with Gasteiger partial charge in [0.2, 0.25) is 0 Å². The first-order valence-electron chi connectivity index (χ1n) is 7.74. The molecular weight excluding hydrogens is 294 g/mol. The molecule has 5 heteroatoms. The van der Waals surface area contributed by atoms with Gasteiger partial charge in [0.05, 0.1) is 7.11 Å². The minimum atomic E-state index is -0.0727. The first-order valence-corrected chi connectivity index (χ1v) is 7.74. The number of nitrogens with zero attached hydrogens (tertiary/aromatic N) is 1. The van der Waals surface area contributed by atoms with Gasteiger partial charge in [-0.1, -0.05) is 0 Å². The summed E-state index contributed by atoms with van der Waals surface area (Å²) in [6, 6.07) is 7.24. The Hall–Kier alpha value is -2.40. The molecule has 0 saturated carbocycles. The lowest BCUT2D eigenvalue weighted by atomic mass is 9.83. The summed E-state index contributed by atoms with van der Waals surface area (Å²) < 4.78 is 5.25. The van der Waals surface area contributed by atoms with E-state index in [2.05, 4.69) is 4.90 Å². The molecule has 2 aliphatic heterocycles. The molecule has 2 aliphatic rings. The highest BCUT2D eigenvalue weighted by Crippen LogP contribution is 2.43. The van der Waals surface area contributed by atoms with Crippen LogP contribution >= 0.6 is 0 Å². The van der Waals surface area contributed by atoms with Gasteiger partial charge in [-0.05, 0) is 59.4 Å². The van der Waals surface area contributed by atoms with E-state index in [0.29, 0.717) is 5.75 Å². The van der Waals surface area contributed by atoms with Gasteiger partial charge in [-0.15, -0.1) is 0 Å². The van der Waals surface area contributed by atoms with Crippen LogP contribution in [0.3, 0.4) is 0 Å². The summed E-state index contributed by atoms with van der Waals surface area (Å²) in [6.07, 6.45) is 1.65. The molecule has 2 aromatic carbocycles. The Labute approximate surface area is 134 Å². The monoisotopic (exact) mass is 313 g/mol. The van der Waals surface area contributed by atoms with Crippen molar-refractivity contribution < 1.29 is 20.1 Å². The fraction of sp³-hybridized carbons (Fsp3) is 0.333. The van der Waals surface area contributed by atoms with Crippen molar-refractivity contribution in [3.05, 3.63) is 46.5 Å². The largest absolute Gasteiger partial charge is 0.504 e. The highest BCUT2D eigenvalue weighted by atomic mass is 16.5. The molecule has 0 bridgehead atoms. The topological polar surface area (TPSA) is 73.2 Å². The smallest absolute Gasteiger partial charge is 0.160 e. The van der Waals surface area contributed by atoms with E-state index >= 15 is 0 Å². The van der Waals surface area contributed by atoms with Crippen LogP contribution in [0.15, 0.2) is 24.3 Å². The quantitative estimate of drug-likeness (QED) is 0.705. The molecule has 0 aromatic heterocycles. The van der Waals surface area contributed by atoms with Crippen LogP contribution in [0.2, 0.25) is 0 Å². The molecule has 0 unspecified atom stereocenters. The Morgan fingerprint density at radius 1 is 0.957 bits per heavy atom. The van der Waals surface area contributed by atoms with Crippen molar-refractivity contribution in [2.75, 3.05) is 13.7 Å². The number of phenols is 3. The molecule has 5 nitrogen and oxygen atoms in total. The molecule has 120 valence electrons. The highest BCUT2D eigenvalue weighted by Gasteiger charge is 2.33. The summed E-state index contributed by atoms with van der Waals surface area (Å²) in [6.45, 7) is 1.65. The second-order valence-electron chi connectivity index (χ2n) is 6.27. The number of hydrogen-bond acceptors (Lipinski definition) is 5. The van der Waals surface area contributed by atoms with Crippen LogP contribution in [0.25, 0.3) is 0 Å². The Morgan fingerprint density at radius 2 is 1.65 bits per heavy atom. The van der Waals surface area contributed by atoms with Crippen LogP contribution in [0.1, 0.15) is 28.3 Å². The van der Waals surface area contributed by atoms with Gasteiger partial charge in [-0.2, -0.15) is 0 Å². The first-order chi connectivity index (χ1) is 11.1. The lowest BCUT2D eigenvalue weighted by Gasteiger charge is -2.41. The number of aromatic hydroxyl groups is 3.